The lowest BCUT2D eigenvalue weighted by molar-refractivity contribution is -0.121. The maximum atomic E-state index is 12.2. The van der Waals surface area contributed by atoms with Crippen LogP contribution < -0.4 is 20.1 Å². The monoisotopic (exact) mass is 389 g/mol. The second-order valence-electron chi connectivity index (χ2n) is 5.97. The van der Waals surface area contributed by atoms with Crippen molar-refractivity contribution >= 4 is 29.2 Å². The van der Waals surface area contributed by atoms with Crippen molar-refractivity contribution < 1.29 is 19.1 Å². The molecule has 142 valence electrons. The third-order valence-electron chi connectivity index (χ3n) is 4.05. The molecule has 2 aromatic rings. The summed E-state index contributed by atoms with van der Waals surface area (Å²) in [6.07, 6.45) is 0. The van der Waals surface area contributed by atoms with E-state index in [1.807, 2.05) is 36.1 Å². The first-order valence-corrected chi connectivity index (χ1v) is 8.89. The minimum Gasteiger partial charge on any atom is -0.454 e. The average Bonchev–Trinajstić information content (AvgIpc) is 3.10. The lowest BCUT2D eigenvalue weighted by atomic mass is 10.2. The van der Waals surface area contributed by atoms with Crippen molar-refractivity contribution in [2.75, 3.05) is 25.2 Å². The lowest BCUT2D eigenvalue weighted by Crippen LogP contribution is -2.41. The zero-order chi connectivity index (χ0) is 19.2. The number of halogens is 1. The van der Waals surface area contributed by atoms with Gasteiger partial charge in [0.1, 0.15) is 0 Å². The van der Waals surface area contributed by atoms with E-state index in [4.69, 9.17) is 21.1 Å². The Morgan fingerprint density at radius 2 is 1.93 bits per heavy atom. The number of benzene rings is 2. The summed E-state index contributed by atoms with van der Waals surface area (Å²) in [7, 11) is 0. The third kappa shape index (κ3) is 5.12. The van der Waals surface area contributed by atoms with Gasteiger partial charge in [0.2, 0.25) is 12.7 Å². The summed E-state index contributed by atoms with van der Waals surface area (Å²) in [5, 5.41) is 5.58. The van der Waals surface area contributed by atoms with Gasteiger partial charge in [0.15, 0.2) is 11.5 Å². The highest BCUT2D eigenvalue weighted by Crippen LogP contribution is 2.34. The topological polar surface area (TPSA) is 79.9 Å². The Morgan fingerprint density at radius 3 is 2.70 bits per heavy atom. The first kappa shape index (κ1) is 19.0. The molecule has 7 nitrogen and oxygen atoms in total. The van der Waals surface area contributed by atoms with Crippen LogP contribution in [0.15, 0.2) is 42.5 Å². The van der Waals surface area contributed by atoms with Gasteiger partial charge in [-0.05, 0) is 30.3 Å². The van der Waals surface area contributed by atoms with Crippen LogP contribution in [0.4, 0.5) is 10.5 Å². The molecular formula is C19H20ClN3O4. The molecule has 0 radical (unpaired) electrons. The largest absolute Gasteiger partial charge is 0.454 e. The van der Waals surface area contributed by atoms with Crippen molar-refractivity contribution in [3.05, 3.63) is 53.1 Å². The quantitative estimate of drug-likeness (QED) is 0.792. The number of amides is 3. The number of fused-ring (bicyclic) bond motifs is 1. The lowest BCUT2D eigenvalue weighted by Gasteiger charge is -2.20. The number of imide groups is 1. The standard InChI is InChI=1S/C19H20ClN3O4/c1-2-23(10-13-5-3-4-6-15(13)20)11-18(24)22-19(25)21-14-7-8-16-17(9-14)27-12-26-16/h3-9H,2,10-12H2,1H3,(H2,21,22,24,25). The van der Waals surface area contributed by atoms with E-state index in [9.17, 15) is 9.59 Å². The number of ether oxygens (including phenoxy) is 2. The number of carbonyl (C=O) groups excluding carboxylic acids is 2. The minimum absolute atomic E-state index is 0.0796. The molecule has 0 saturated carbocycles. The van der Waals surface area contributed by atoms with Crippen molar-refractivity contribution in [1.82, 2.24) is 10.2 Å². The number of hydrogen-bond donors (Lipinski definition) is 2. The maximum Gasteiger partial charge on any atom is 0.325 e. The number of nitrogens with one attached hydrogen (secondary N) is 2. The van der Waals surface area contributed by atoms with Gasteiger partial charge in [-0.3, -0.25) is 15.0 Å². The van der Waals surface area contributed by atoms with Crippen LogP contribution in [0, 0.1) is 0 Å². The van der Waals surface area contributed by atoms with E-state index in [1.54, 1.807) is 18.2 Å². The van der Waals surface area contributed by atoms with Gasteiger partial charge in [-0.2, -0.15) is 0 Å². The van der Waals surface area contributed by atoms with Gasteiger partial charge in [0.25, 0.3) is 0 Å². The van der Waals surface area contributed by atoms with E-state index < -0.39 is 11.9 Å². The van der Waals surface area contributed by atoms with Crippen LogP contribution >= 0.6 is 11.6 Å². The molecule has 0 aromatic heterocycles. The van der Waals surface area contributed by atoms with E-state index >= 15 is 0 Å². The smallest absolute Gasteiger partial charge is 0.325 e. The Morgan fingerprint density at radius 1 is 1.15 bits per heavy atom. The van der Waals surface area contributed by atoms with E-state index in [0.717, 1.165) is 5.56 Å². The number of hydrogen-bond acceptors (Lipinski definition) is 5. The molecular weight excluding hydrogens is 370 g/mol. The molecule has 27 heavy (non-hydrogen) atoms. The highest BCUT2D eigenvalue weighted by molar-refractivity contribution is 6.31. The normalized spacial score (nSPS) is 12.1. The summed E-state index contributed by atoms with van der Waals surface area (Å²) in [6.45, 7) is 3.34. The minimum atomic E-state index is -0.604. The molecule has 0 bridgehead atoms. The molecule has 0 aliphatic carbocycles. The van der Waals surface area contributed by atoms with Crippen LogP contribution in [-0.4, -0.2) is 36.7 Å². The summed E-state index contributed by atoms with van der Waals surface area (Å²) >= 11 is 6.17. The number of likely N-dealkylation sites (N-methyl/N-ethyl adjacent to an activating group) is 1. The molecule has 2 N–H and O–H groups in total. The van der Waals surface area contributed by atoms with Gasteiger partial charge in [-0.15, -0.1) is 0 Å². The van der Waals surface area contributed by atoms with Crippen LogP contribution in [0.5, 0.6) is 11.5 Å². The van der Waals surface area contributed by atoms with Crippen LogP contribution in [-0.2, 0) is 11.3 Å². The number of anilines is 1. The van der Waals surface area contributed by atoms with Crippen LogP contribution in [0.25, 0.3) is 0 Å². The summed E-state index contributed by atoms with van der Waals surface area (Å²) in [6, 6.07) is 11.9. The Hall–Kier alpha value is -2.77. The van der Waals surface area contributed by atoms with E-state index in [2.05, 4.69) is 10.6 Å². The zero-order valence-electron chi connectivity index (χ0n) is 14.8. The summed E-state index contributed by atoms with van der Waals surface area (Å²) in [5.74, 6) is 0.772. The Balaban J connectivity index is 1.51. The Kier molecular flexibility index (Phi) is 6.16. The van der Waals surface area contributed by atoms with Crippen LogP contribution in [0.3, 0.4) is 0 Å². The highest BCUT2D eigenvalue weighted by atomic mass is 35.5. The molecule has 3 rings (SSSR count). The van der Waals surface area contributed by atoms with Gasteiger partial charge >= 0.3 is 6.03 Å². The Bertz CT molecular complexity index is 843. The number of nitrogens with zero attached hydrogens (tertiary/aromatic N) is 1. The van der Waals surface area contributed by atoms with Crippen molar-refractivity contribution in [3.8, 4) is 11.5 Å². The van der Waals surface area contributed by atoms with Crippen molar-refractivity contribution in [2.24, 2.45) is 0 Å². The molecule has 8 heteroatoms. The van der Waals surface area contributed by atoms with E-state index in [1.165, 1.54) is 0 Å². The van der Waals surface area contributed by atoms with Crippen molar-refractivity contribution in [2.45, 2.75) is 13.5 Å². The molecule has 0 spiro atoms. The summed E-state index contributed by atoms with van der Waals surface area (Å²) in [4.78, 5) is 26.1. The summed E-state index contributed by atoms with van der Waals surface area (Å²) in [5.41, 5.74) is 1.44. The predicted molar refractivity (Wildman–Crippen MR) is 102 cm³/mol. The molecule has 3 amide bonds. The molecule has 0 saturated heterocycles. The van der Waals surface area contributed by atoms with Gasteiger partial charge in [0, 0.05) is 23.3 Å². The fourth-order valence-corrected chi connectivity index (χ4v) is 2.85. The van der Waals surface area contributed by atoms with Gasteiger partial charge in [-0.1, -0.05) is 36.7 Å². The van der Waals surface area contributed by atoms with Crippen molar-refractivity contribution in [3.63, 3.8) is 0 Å². The molecule has 0 atom stereocenters. The highest BCUT2D eigenvalue weighted by Gasteiger charge is 2.16. The number of rotatable bonds is 6. The van der Waals surface area contributed by atoms with Crippen LogP contribution in [0.2, 0.25) is 5.02 Å². The summed E-state index contributed by atoms with van der Waals surface area (Å²) < 4.78 is 10.5. The number of urea groups is 1. The van der Waals surface area contributed by atoms with Gasteiger partial charge < -0.3 is 14.8 Å². The molecule has 1 aliphatic rings. The first-order chi connectivity index (χ1) is 13.0. The maximum absolute atomic E-state index is 12.2. The van der Waals surface area contributed by atoms with Gasteiger partial charge in [0.05, 0.1) is 6.54 Å². The average molecular weight is 390 g/mol. The number of carbonyl (C=O) groups is 2. The first-order valence-electron chi connectivity index (χ1n) is 8.51. The molecule has 0 fully saturated rings. The van der Waals surface area contributed by atoms with Gasteiger partial charge in [-0.25, -0.2) is 4.79 Å². The molecule has 2 aromatic carbocycles. The third-order valence-corrected chi connectivity index (χ3v) is 4.42. The van der Waals surface area contributed by atoms with Crippen LogP contribution in [0.1, 0.15) is 12.5 Å². The predicted octanol–water partition coefficient (Wildman–Crippen LogP) is 3.24. The second kappa shape index (κ2) is 8.75. The molecule has 1 aliphatic heterocycles. The molecule has 0 unspecified atom stereocenters. The SMILES string of the molecule is CCN(CC(=O)NC(=O)Nc1ccc2c(c1)OCO2)Cc1ccccc1Cl. The molecule has 1 heterocycles. The zero-order valence-corrected chi connectivity index (χ0v) is 15.6. The van der Waals surface area contributed by atoms with E-state index in [-0.39, 0.29) is 13.3 Å². The fraction of sp³-hybridized carbons (Fsp3) is 0.263. The Labute approximate surface area is 162 Å². The van der Waals surface area contributed by atoms with Crippen molar-refractivity contribution in [1.29, 1.82) is 0 Å². The fourth-order valence-electron chi connectivity index (χ4n) is 2.65. The second-order valence-corrected chi connectivity index (χ2v) is 6.37. The van der Waals surface area contributed by atoms with E-state index in [0.29, 0.717) is 35.3 Å².